The van der Waals surface area contributed by atoms with Gasteiger partial charge in [0, 0.05) is 49.6 Å². The lowest BCUT2D eigenvalue weighted by atomic mass is 9.43. The topological polar surface area (TPSA) is 76.8 Å². The van der Waals surface area contributed by atoms with Gasteiger partial charge in [-0.15, -0.1) is 0 Å². The smallest absolute Gasteiger partial charge is 0.320 e. The molecule has 8 rings (SSSR count). The van der Waals surface area contributed by atoms with Crippen LogP contribution < -0.4 is 9.47 Å². The van der Waals surface area contributed by atoms with Crippen LogP contribution in [0, 0.1) is 28.4 Å². The average molecular weight is 514 g/mol. The molecule has 5 fully saturated rings. The molecular weight excluding hydrogens is 478 g/mol. The number of esters is 1. The van der Waals surface area contributed by atoms with Crippen molar-refractivity contribution >= 4 is 11.9 Å². The van der Waals surface area contributed by atoms with Gasteiger partial charge in [0.2, 0.25) is 0 Å². The minimum absolute atomic E-state index is 0.0196. The predicted octanol–water partition coefficient (Wildman–Crippen LogP) is 3.46. The van der Waals surface area contributed by atoms with Crippen molar-refractivity contribution in [2.45, 2.75) is 69.4 Å². The Kier molecular flexibility index (Phi) is 4.73. The quantitative estimate of drug-likeness (QED) is 0.271. The van der Waals surface area contributed by atoms with E-state index in [9.17, 15) is 14.8 Å². The van der Waals surface area contributed by atoms with Crippen LogP contribution in [0.15, 0.2) is 42.6 Å². The molecule has 1 aromatic carbocycles. The van der Waals surface area contributed by atoms with Gasteiger partial charge in [0.25, 0.3) is 5.69 Å². The first-order chi connectivity index (χ1) is 18.4. The number of rotatable bonds is 4. The number of aromatic nitrogens is 1. The minimum atomic E-state index is -0.290. The number of fused-ring (bicyclic) bond motifs is 1. The van der Waals surface area contributed by atoms with Crippen molar-refractivity contribution < 1.29 is 19.1 Å². The number of carbonyl (C=O) groups excluding carboxylic acids is 2. The van der Waals surface area contributed by atoms with Crippen LogP contribution in [-0.4, -0.2) is 53.4 Å². The molecule has 3 saturated carbocycles. The Morgan fingerprint density at radius 1 is 1.16 bits per heavy atom. The van der Waals surface area contributed by atoms with Crippen molar-refractivity contribution in [2.75, 3.05) is 19.6 Å². The number of ether oxygens (including phenoxy) is 1. The van der Waals surface area contributed by atoms with Gasteiger partial charge in [0.05, 0.1) is 0 Å². The lowest BCUT2D eigenvalue weighted by Gasteiger charge is -2.66. The van der Waals surface area contributed by atoms with Gasteiger partial charge in [-0.1, -0.05) is 6.07 Å². The highest BCUT2D eigenvalue weighted by Crippen LogP contribution is 2.75. The molecule has 1 aromatic heterocycles. The summed E-state index contributed by atoms with van der Waals surface area (Å²) >= 11 is 0. The minimum Gasteiger partial charge on any atom is -0.618 e. The summed E-state index contributed by atoms with van der Waals surface area (Å²) < 4.78 is 6.33. The van der Waals surface area contributed by atoms with Crippen molar-refractivity contribution in [3.05, 3.63) is 64.6 Å². The molecule has 0 radical (unpaired) electrons. The number of likely N-dealkylation sites (tertiary alicyclic amines) is 2. The normalized spacial score (nSPS) is 36.5. The second-order valence-electron chi connectivity index (χ2n) is 12.9. The Hall–Kier alpha value is -2.93. The molecule has 6 atom stereocenters. The van der Waals surface area contributed by atoms with Gasteiger partial charge in [-0.3, -0.25) is 14.5 Å². The third-order valence-corrected chi connectivity index (χ3v) is 11.3. The van der Waals surface area contributed by atoms with Gasteiger partial charge in [-0.05, 0) is 104 Å². The summed E-state index contributed by atoms with van der Waals surface area (Å²) in [5, 5.41) is 12.5. The largest absolute Gasteiger partial charge is 0.618 e. The van der Waals surface area contributed by atoms with Crippen LogP contribution in [0.2, 0.25) is 0 Å². The Labute approximate surface area is 223 Å². The van der Waals surface area contributed by atoms with E-state index in [1.165, 1.54) is 43.6 Å². The van der Waals surface area contributed by atoms with Gasteiger partial charge in [0.1, 0.15) is 5.75 Å². The number of hydrogen-bond donors (Lipinski definition) is 0. The van der Waals surface area contributed by atoms with E-state index < -0.39 is 0 Å². The van der Waals surface area contributed by atoms with E-state index in [1.807, 2.05) is 11.0 Å². The molecule has 198 valence electrons. The van der Waals surface area contributed by atoms with Crippen LogP contribution in [0.25, 0.3) is 0 Å². The molecule has 6 aliphatic rings. The number of nitrogens with zero attached hydrogens (tertiary/aromatic N) is 3. The number of hydrogen-bond acceptors (Lipinski definition) is 5. The molecule has 1 amide bonds. The summed E-state index contributed by atoms with van der Waals surface area (Å²) in [5.74, 6) is 1.89. The Morgan fingerprint density at radius 2 is 2.03 bits per heavy atom. The first kappa shape index (κ1) is 23.0. The zero-order chi connectivity index (χ0) is 25.8. The number of piperidine rings is 1. The maximum Gasteiger partial charge on any atom is 0.320 e. The van der Waals surface area contributed by atoms with Crippen LogP contribution in [0.3, 0.4) is 0 Å². The van der Waals surface area contributed by atoms with Crippen molar-refractivity contribution in [2.24, 2.45) is 23.2 Å². The summed E-state index contributed by atoms with van der Waals surface area (Å²) in [6, 6.07) is 12.1. The van der Waals surface area contributed by atoms with Gasteiger partial charge in [0.15, 0.2) is 6.20 Å². The van der Waals surface area contributed by atoms with Crippen LogP contribution >= 0.6 is 0 Å². The Balaban J connectivity index is 1.25. The van der Waals surface area contributed by atoms with E-state index in [-0.39, 0.29) is 34.4 Å². The maximum atomic E-state index is 13.8. The summed E-state index contributed by atoms with van der Waals surface area (Å²) in [6.45, 7) is 4.53. The van der Waals surface area contributed by atoms with Crippen molar-refractivity contribution in [1.82, 2.24) is 9.80 Å². The van der Waals surface area contributed by atoms with Crippen molar-refractivity contribution in [1.29, 1.82) is 0 Å². The summed E-state index contributed by atoms with van der Waals surface area (Å²) in [7, 11) is 0. The van der Waals surface area contributed by atoms with Gasteiger partial charge >= 0.3 is 11.9 Å². The molecule has 0 N–H and O–H groups in total. The standard InChI is InChI=1S/C31H35N3O4/c1-19(35)38-23-8-7-21-14-27-30-10-9-25-28(31(30,24(21)15-23)11-13-32(27)17-20-5-6-20)22(16-30)18-33(25)29(36)26-4-2-3-12-34(26)37/h2-4,7-8,12,15,20,22,25,27-28H,5-6,9-11,13-14,16-18H2,1H3/t22-,25-,27-,28-,30-,31+/m1/s1. The molecule has 7 nitrogen and oxygen atoms in total. The van der Waals surface area contributed by atoms with E-state index in [0.29, 0.717) is 23.6 Å². The van der Waals surface area contributed by atoms with E-state index in [2.05, 4.69) is 17.0 Å². The fourth-order valence-electron chi connectivity index (χ4n) is 10.1. The second-order valence-corrected chi connectivity index (χ2v) is 12.9. The van der Waals surface area contributed by atoms with Crippen molar-refractivity contribution in [3.8, 4) is 5.75 Å². The number of benzene rings is 1. The lowest BCUT2D eigenvalue weighted by Crippen LogP contribution is -2.70. The summed E-state index contributed by atoms with van der Waals surface area (Å²) in [4.78, 5) is 30.5. The third kappa shape index (κ3) is 2.91. The SMILES string of the molecule is CC(=O)Oc1ccc2c(c1)[C@]13CCN(CC4CC4)[C@H](C2)[C@]12CC[C@@H]1[C@H]3[C@@H](CN1C(=O)c1cccc[n+]1[O-])C2. The molecule has 3 heterocycles. The monoisotopic (exact) mass is 513 g/mol. The first-order valence-corrected chi connectivity index (χ1v) is 14.5. The van der Waals surface area contributed by atoms with Crippen LogP contribution in [0.5, 0.6) is 5.75 Å². The first-order valence-electron chi connectivity index (χ1n) is 14.5. The zero-order valence-corrected chi connectivity index (χ0v) is 22.0. The fraction of sp³-hybridized carbons (Fsp3) is 0.581. The highest BCUT2D eigenvalue weighted by atomic mass is 16.5. The number of amides is 1. The number of pyridine rings is 1. The molecule has 2 saturated heterocycles. The predicted molar refractivity (Wildman–Crippen MR) is 139 cm³/mol. The second kappa shape index (κ2) is 7.81. The molecular formula is C31H35N3O4. The van der Waals surface area contributed by atoms with E-state index in [4.69, 9.17) is 4.74 Å². The Bertz CT molecular complexity index is 1360. The highest BCUT2D eigenvalue weighted by molar-refractivity contribution is 5.91. The van der Waals surface area contributed by atoms with Gasteiger partial charge in [-0.2, -0.15) is 4.73 Å². The highest BCUT2D eigenvalue weighted by Gasteiger charge is 2.76. The van der Waals surface area contributed by atoms with Crippen molar-refractivity contribution in [3.63, 3.8) is 0 Å². The zero-order valence-electron chi connectivity index (χ0n) is 22.0. The maximum absolute atomic E-state index is 13.8. The van der Waals surface area contributed by atoms with E-state index in [0.717, 1.165) is 55.8 Å². The molecule has 0 unspecified atom stereocenters. The third-order valence-electron chi connectivity index (χ3n) is 11.3. The van der Waals surface area contributed by atoms with E-state index >= 15 is 0 Å². The van der Waals surface area contributed by atoms with Gasteiger partial charge < -0.3 is 14.8 Å². The lowest BCUT2D eigenvalue weighted by molar-refractivity contribution is -0.608. The van der Waals surface area contributed by atoms with E-state index in [1.54, 1.807) is 18.2 Å². The average Bonchev–Trinajstić information content (AvgIpc) is 3.59. The Morgan fingerprint density at radius 3 is 2.82 bits per heavy atom. The number of carbonyl (C=O) groups is 2. The molecule has 2 aliphatic heterocycles. The fourth-order valence-corrected chi connectivity index (χ4v) is 10.1. The summed E-state index contributed by atoms with van der Waals surface area (Å²) in [6.07, 6.45) is 9.59. The molecule has 4 aliphatic carbocycles. The summed E-state index contributed by atoms with van der Waals surface area (Å²) in [5.41, 5.74) is 3.18. The molecule has 38 heavy (non-hydrogen) atoms. The van der Waals surface area contributed by atoms with Crippen LogP contribution in [0.1, 0.15) is 67.1 Å². The van der Waals surface area contributed by atoms with Gasteiger partial charge in [-0.25, -0.2) is 0 Å². The molecule has 7 heteroatoms. The molecule has 0 spiro atoms. The molecule has 2 aromatic rings. The van der Waals surface area contributed by atoms with Crippen LogP contribution in [0.4, 0.5) is 0 Å². The molecule has 4 bridgehead atoms. The van der Waals surface area contributed by atoms with Crippen LogP contribution in [-0.2, 0) is 16.6 Å².